The molecule has 0 aliphatic carbocycles. The van der Waals surface area contributed by atoms with E-state index in [0.29, 0.717) is 0 Å². The number of aliphatic imine (C=N–C) groups is 2. The van der Waals surface area contributed by atoms with Crippen molar-refractivity contribution in [3.8, 4) is 0 Å². The highest BCUT2D eigenvalue weighted by Gasteiger charge is 2.74. The molecule has 152 valence electrons. The van der Waals surface area contributed by atoms with Crippen LogP contribution >= 0.6 is 0 Å². The van der Waals surface area contributed by atoms with E-state index in [2.05, 4.69) is 19.5 Å². The number of primary amides is 1. The van der Waals surface area contributed by atoms with Gasteiger partial charge in [-0.25, -0.2) is 19.0 Å². The van der Waals surface area contributed by atoms with Gasteiger partial charge in [0.25, 0.3) is 0 Å². The molecule has 1 fully saturated rings. The first-order valence-corrected chi connectivity index (χ1v) is 8.86. The van der Waals surface area contributed by atoms with Crippen LogP contribution in [0, 0.1) is 0 Å². The summed E-state index contributed by atoms with van der Waals surface area (Å²) >= 11 is 0. The number of amides is 1. The third kappa shape index (κ3) is 2.81. The molecule has 3 aliphatic heterocycles. The molecule has 3 heterocycles. The lowest BCUT2D eigenvalue weighted by Gasteiger charge is -2.48. The van der Waals surface area contributed by atoms with Crippen LogP contribution in [0.5, 0.6) is 0 Å². The van der Waals surface area contributed by atoms with Gasteiger partial charge >= 0.3 is 16.5 Å². The Morgan fingerprint density at radius 3 is 2.67 bits per heavy atom. The topological polar surface area (TPSA) is 237 Å². The molecule has 1 amide bonds. The van der Waals surface area contributed by atoms with E-state index >= 15 is 0 Å². The summed E-state index contributed by atoms with van der Waals surface area (Å²) in [6.07, 6.45) is -2.82. The van der Waals surface area contributed by atoms with Gasteiger partial charge in [-0.1, -0.05) is 0 Å². The molecular formula is C11H19N7O8S. The van der Waals surface area contributed by atoms with Gasteiger partial charge in [0.05, 0.1) is 13.7 Å². The SMILES string of the molecule is COS(=O)(=O)OC1CN2C(N)=N[C@@H](COC(N)=O)C3N=C(N)NC32C1(O)O. The zero-order chi connectivity index (χ0) is 20.2. The molecule has 1 saturated heterocycles. The monoisotopic (exact) mass is 409 g/mol. The molecule has 0 saturated carbocycles. The molecular weight excluding hydrogens is 390 g/mol. The summed E-state index contributed by atoms with van der Waals surface area (Å²) < 4.78 is 36.9. The van der Waals surface area contributed by atoms with E-state index in [1.807, 2.05) is 0 Å². The van der Waals surface area contributed by atoms with Crippen LogP contribution in [0.2, 0.25) is 0 Å². The Hall–Kier alpha value is -2.40. The van der Waals surface area contributed by atoms with Crippen LogP contribution in [-0.4, -0.2) is 91.4 Å². The van der Waals surface area contributed by atoms with Crippen molar-refractivity contribution in [2.45, 2.75) is 29.6 Å². The average Bonchev–Trinajstić information content (AvgIpc) is 3.02. The largest absolute Gasteiger partial charge is 0.447 e. The van der Waals surface area contributed by atoms with E-state index in [-0.39, 0.29) is 18.5 Å². The number of ether oxygens (including phenoxy) is 1. The Morgan fingerprint density at radius 2 is 2.07 bits per heavy atom. The van der Waals surface area contributed by atoms with E-state index in [4.69, 9.17) is 26.1 Å². The Bertz CT molecular complexity index is 814. The van der Waals surface area contributed by atoms with Crippen LogP contribution in [0.25, 0.3) is 0 Å². The molecule has 3 unspecified atom stereocenters. The number of hydrogen-bond acceptors (Lipinski definition) is 14. The third-order valence-electron chi connectivity index (χ3n) is 4.58. The van der Waals surface area contributed by atoms with Crippen molar-refractivity contribution in [2.75, 3.05) is 20.3 Å². The zero-order valence-corrected chi connectivity index (χ0v) is 14.8. The molecule has 27 heavy (non-hydrogen) atoms. The van der Waals surface area contributed by atoms with Crippen molar-refractivity contribution in [1.82, 2.24) is 10.2 Å². The molecule has 3 rings (SSSR count). The second-order valence-corrected chi connectivity index (χ2v) is 7.37. The fraction of sp³-hybridized carbons (Fsp3) is 0.727. The van der Waals surface area contributed by atoms with Gasteiger partial charge < -0.3 is 42.4 Å². The van der Waals surface area contributed by atoms with Gasteiger partial charge in [0.1, 0.15) is 18.7 Å². The number of rotatable bonds is 5. The van der Waals surface area contributed by atoms with Crippen molar-refractivity contribution in [3.05, 3.63) is 0 Å². The Morgan fingerprint density at radius 1 is 1.41 bits per heavy atom. The normalized spacial score (nSPS) is 34.2. The van der Waals surface area contributed by atoms with E-state index in [1.165, 1.54) is 0 Å². The summed E-state index contributed by atoms with van der Waals surface area (Å²) in [5.41, 5.74) is 14.6. The number of nitrogens with one attached hydrogen (secondary N) is 1. The quantitative estimate of drug-likeness (QED) is 0.234. The molecule has 0 radical (unpaired) electrons. The number of hydrogen-bond donors (Lipinski definition) is 6. The van der Waals surface area contributed by atoms with Crippen LogP contribution in [0.4, 0.5) is 4.79 Å². The predicted molar refractivity (Wildman–Crippen MR) is 86.9 cm³/mol. The molecule has 15 nitrogen and oxygen atoms in total. The van der Waals surface area contributed by atoms with E-state index < -0.39 is 52.7 Å². The van der Waals surface area contributed by atoms with Crippen molar-refractivity contribution >= 4 is 28.4 Å². The van der Waals surface area contributed by atoms with Gasteiger partial charge in [0.2, 0.25) is 5.79 Å². The van der Waals surface area contributed by atoms with Crippen molar-refractivity contribution < 1.29 is 36.5 Å². The summed E-state index contributed by atoms with van der Waals surface area (Å²) in [6.45, 7) is -0.784. The van der Waals surface area contributed by atoms with E-state index in [9.17, 15) is 23.4 Å². The number of carbonyl (C=O) groups is 1. The Labute approximate surface area is 153 Å². The van der Waals surface area contributed by atoms with Crippen molar-refractivity contribution in [3.63, 3.8) is 0 Å². The smallest absolute Gasteiger partial charge is 0.404 e. The highest BCUT2D eigenvalue weighted by molar-refractivity contribution is 7.81. The number of aliphatic hydroxyl groups is 2. The lowest BCUT2D eigenvalue weighted by atomic mass is 9.86. The fourth-order valence-electron chi connectivity index (χ4n) is 3.49. The van der Waals surface area contributed by atoms with Gasteiger partial charge in [-0.3, -0.25) is 4.18 Å². The fourth-order valence-corrected chi connectivity index (χ4v) is 4.04. The molecule has 1 spiro atoms. The number of nitrogens with two attached hydrogens (primary N) is 3. The molecule has 0 aromatic heterocycles. The van der Waals surface area contributed by atoms with E-state index in [1.54, 1.807) is 0 Å². The molecule has 4 atom stereocenters. The average molecular weight is 409 g/mol. The minimum atomic E-state index is -4.52. The van der Waals surface area contributed by atoms with Gasteiger partial charge in [-0.15, -0.1) is 0 Å². The lowest BCUT2D eigenvalue weighted by molar-refractivity contribution is -0.252. The van der Waals surface area contributed by atoms with Crippen LogP contribution in [0.15, 0.2) is 9.98 Å². The van der Waals surface area contributed by atoms with Crippen LogP contribution in [0.3, 0.4) is 0 Å². The Balaban J connectivity index is 2.02. The molecule has 9 N–H and O–H groups in total. The van der Waals surface area contributed by atoms with Crippen LogP contribution < -0.4 is 22.5 Å². The molecule has 0 bridgehead atoms. The minimum Gasteiger partial charge on any atom is -0.447 e. The molecule has 3 aliphatic rings. The number of guanidine groups is 2. The highest BCUT2D eigenvalue weighted by atomic mass is 32.3. The zero-order valence-electron chi connectivity index (χ0n) is 14.0. The van der Waals surface area contributed by atoms with Crippen LogP contribution in [-0.2, 0) is 23.5 Å². The maximum Gasteiger partial charge on any atom is 0.404 e. The molecule has 16 heteroatoms. The van der Waals surface area contributed by atoms with Crippen LogP contribution in [0.1, 0.15) is 0 Å². The van der Waals surface area contributed by atoms with E-state index in [0.717, 1.165) is 12.0 Å². The second-order valence-electron chi connectivity index (χ2n) is 6.03. The summed E-state index contributed by atoms with van der Waals surface area (Å²) in [5, 5.41) is 24.3. The van der Waals surface area contributed by atoms with Gasteiger partial charge in [0.15, 0.2) is 23.7 Å². The highest BCUT2D eigenvalue weighted by Crippen LogP contribution is 2.46. The Kier molecular flexibility index (Phi) is 4.35. The summed E-state index contributed by atoms with van der Waals surface area (Å²) in [4.78, 5) is 20.3. The van der Waals surface area contributed by atoms with Gasteiger partial charge in [0, 0.05) is 0 Å². The predicted octanol–water partition coefficient (Wildman–Crippen LogP) is -4.97. The van der Waals surface area contributed by atoms with Gasteiger partial charge in [-0.05, 0) is 0 Å². The second kappa shape index (κ2) is 6.06. The summed E-state index contributed by atoms with van der Waals surface area (Å²) in [7, 11) is -3.68. The van der Waals surface area contributed by atoms with Crippen molar-refractivity contribution in [2.24, 2.45) is 27.2 Å². The number of carbonyl (C=O) groups excluding carboxylic acids is 1. The lowest BCUT2D eigenvalue weighted by Crippen LogP contribution is -2.77. The standard InChI is InChI=1S/C11H19N7O8S/c1-24-27(22,23)26-5-2-18-8(13)15-4(3-25-9(14)19)6-10(18,11(5,20)21)17-7(12)16-6/h4-6,20-21H,2-3H2,1H3,(H2,13,15)(H2,14,19)(H3,12,16,17)/t4-,5?,6?,10?/m0/s1. The molecule has 0 aromatic carbocycles. The third-order valence-corrected chi connectivity index (χ3v) is 5.46. The first-order valence-electron chi connectivity index (χ1n) is 7.53. The summed E-state index contributed by atoms with van der Waals surface area (Å²) in [5.74, 6) is -3.28. The summed E-state index contributed by atoms with van der Waals surface area (Å²) in [6, 6.07) is -2.11. The minimum absolute atomic E-state index is 0.193. The van der Waals surface area contributed by atoms with Gasteiger partial charge in [-0.2, -0.15) is 8.42 Å². The molecule has 0 aromatic rings. The maximum atomic E-state index is 11.6. The number of nitrogens with zero attached hydrogens (tertiary/aromatic N) is 3. The maximum absolute atomic E-state index is 11.6. The first kappa shape index (κ1) is 19.4. The first-order chi connectivity index (χ1) is 12.4. The van der Waals surface area contributed by atoms with Crippen molar-refractivity contribution in [1.29, 1.82) is 0 Å².